The number of thiophene rings is 1. The van der Waals surface area contributed by atoms with Crippen LogP contribution in [0.25, 0.3) is 0 Å². The number of ether oxygens (including phenoxy) is 1. The Hall–Kier alpha value is -2.82. The van der Waals surface area contributed by atoms with Crippen LogP contribution in [0.15, 0.2) is 30.3 Å². The molecule has 1 aliphatic heterocycles. The normalized spacial score (nSPS) is 14.8. The van der Waals surface area contributed by atoms with E-state index in [1.54, 1.807) is 23.1 Å². The molecule has 1 saturated heterocycles. The van der Waals surface area contributed by atoms with E-state index in [4.69, 9.17) is 15.6 Å². The Morgan fingerprint density at radius 3 is 2.56 bits per heavy atom. The zero-order chi connectivity index (χ0) is 24.9. The van der Waals surface area contributed by atoms with Gasteiger partial charge in [0.2, 0.25) is 5.91 Å². The minimum absolute atomic E-state index is 0.0415. The molecule has 8 nitrogen and oxygen atoms in total. The highest BCUT2D eigenvalue weighted by atomic mass is 32.1. The number of aliphatic carboxylic acids is 1. The molecule has 10 heteroatoms. The van der Waals surface area contributed by atoms with Crippen LogP contribution in [-0.2, 0) is 22.6 Å². The van der Waals surface area contributed by atoms with Gasteiger partial charge in [0.25, 0.3) is 0 Å². The molecule has 2 heterocycles. The number of carbonyl (C=O) groups excluding carboxylic acids is 2. The molecule has 0 saturated carbocycles. The third-order valence-electron chi connectivity index (χ3n) is 5.86. The lowest BCUT2D eigenvalue weighted by atomic mass is 9.85. The van der Waals surface area contributed by atoms with Crippen molar-refractivity contribution >= 4 is 29.2 Å². The summed E-state index contributed by atoms with van der Waals surface area (Å²) in [6.07, 6.45) is 1.32. The van der Waals surface area contributed by atoms with Gasteiger partial charge >= 0.3 is 11.9 Å². The molecular weight excluding hydrogens is 461 g/mol. The fourth-order valence-corrected chi connectivity index (χ4v) is 5.07. The van der Waals surface area contributed by atoms with Crippen LogP contribution in [0.2, 0.25) is 0 Å². The summed E-state index contributed by atoms with van der Waals surface area (Å²) in [5.74, 6) is -2.72. The van der Waals surface area contributed by atoms with Gasteiger partial charge in [0.1, 0.15) is 4.88 Å². The summed E-state index contributed by atoms with van der Waals surface area (Å²) in [6, 6.07) is 7.73. The maximum atomic E-state index is 14.3. The van der Waals surface area contributed by atoms with Crippen molar-refractivity contribution in [3.63, 3.8) is 0 Å². The van der Waals surface area contributed by atoms with Gasteiger partial charge < -0.3 is 25.8 Å². The van der Waals surface area contributed by atoms with Gasteiger partial charge in [-0.3, -0.25) is 9.59 Å². The highest BCUT2D eigenvalue weighted by molar-refractivity contribution is 7.14. The van der Waals surface area contributed by atoms with Gasteiger partial charge in [-0.1, -0.05) is 19.9 Å². The van der Waals surface area contributed by atoms with Crippen LogP contribution in [0, 0.1) is 17.2 Å². The van der Waals surface area contributed by atoms with Crippen molar-refractivity contribution in [2.75, 3.05) is 19.8 Å². The van der Waals surface area contributed by atoms with Crippen molar-refractivity contribution in [1.82, 2.24) is 10.2 Å². The summed E-state index contributed by atoms with van der Waals surface area (Å²) in [6.45, 7) is 5.20. The van der Waals surface area contributed by atoms with Crippen LogP contribution >= 0.6 is 11.3 Å². The number of nitrogens with zero attached hydrogens (tertiary/aromatic N) is 1. The van der Waals surface area contributed by atoms with Crippen LogP contribution in [0.4, 0.5) is 4.39 Å². The number of likely N-dealkylation sites (tertiary alicyclic amines) is 1. The van der Waals surface area contributed by atoms with Crippen molar-refractivity contribution in [2.45, 2.75) is 39.7 Å². The number of carboxylic acid groups (broad SMARTS) is 1. The molecule has 0 spiro atoms. The summed E-state index contributed by atoms with van der Waals surface area (Å²) < 4.78 is 19.5. The van der Waals surface area contributed by atoms with Gasteiger partial charge in [-0.2, -0.15) is 0 Å². The second-order valence-corrected chi connectivity index (χ2v) is 10.2. The molecule has 0 unspecified atom stereocenters. The van der Waals surface area contributed by atoms with E-state index in [0.29, 0.717) is 49.3 Å². The lowest BCUT2D eigenvalue weighted by Crippen LogP contribution is -2.46. The SMILES string of the molecule is CC(C)(Cc1ccc(C(=O)Oc2ccc(CNCN)cc2F)s1)C(=O)N1CCC(C(=O)O)CC1. The van der Waals surface area contributed by atoms with Crippen LogP contribution in [0.3, 0.4) is 0 Å². The first-order valence-electron chi connectivity index (χ1n) is 11.1. The number of nitrogens with two attached hydrogens (primary N) is 1. The molecular formula is C24H30FN3O5S. The number of piperidine rings is 1. The molecule has 1 amide bonds. The van der Waals surface area contributed by atoms with Crippen LogP contribution in [0.1, 0.15) is 46.8 Å². The predicted molar refractivity (Wildman–Crippen MR) is 126 cm³/mol. The Morgan fingerprint density at radius 1 is 1.24 bits per heavy atom. The number of hydrogen-bond acceptors (Lipinski definition) is 7. The molecule has 184 valence electrons. The molecule has 1 fully saturated rings. The summed E-state index contributed by atoms with van der Waals surface area (Å²) >= 11 is 1.21. The van der Waals surface area contributed by atoms with E-state index in [2.05, 4.69) is 5.32 Å². The number of rotatable bonds is 9. The summed E-state index contributed by atoms with van der Waals surface area (Å²) in [5.41, 5.74) is 5.33. The third-order valence-corrected chi connectivity index (χ3v) is 6.93. The number of carboxylic acids is 1. The molecule has 1 aromatic carbocycles. The number of carbonyl (C=O) groups is 3. The number of benzene rings is 1. The van der Waals surface area contributed by atoms with Gasteiger partial charge in [0, 0.05) is 36.6 Å². The number of esters is 1. The van der Waals surface area contributed by atoms with E-state index < -0.39 is 29.1 Å². The Kier molecular flexibility index (Phi) is 8.40. The van der Waals surface area contributed by atoms with Gasteiger partial charge in [0.05, 0.1) is 5.92 Å². The van der Waals surface area contributed by atoms with Gasteiger partial charge in [0.15, 0.2) is 11.6 Å². The van der Waals surface area contributed by atoms with E-state index in [1.807, 2.05) is 13.8 Å². The van der Waals surface area contributed by atoms with Crippen molar-refractivity contribution in [3.8, 4) is 5.75 Å². The summed E-state index contributed by atoms with van der Waals surface area (Å²) in [5, 5.41) is 12.0. The Morgan fingerprint density at radius 2 is 1.94 bits per heavy atom. The second kappa shape index (κ2) is 11.1. The van der Waals surface area contributed by atoms with Gasteiger partial charge in [-0.05, 0) is 49.1 Å². The quantitative estimate of drug-likeness (QED) is 0.280. The molecule has 0 bridgehead atoms. The van der Waals surface area contributed by atoms with E-state index >= 15 is 0 Å². The minimum Gasteiger partial charge on any atom is -0.481 e. The smallest absolute Gasteiger partial charge is 0.353 e. The first-order valence-corrected chi connectivity index (χ1v) is 11.9. The average Bonchev–Trinajstić information content (AvgIpc) is 3.26. The molecule has 1 aliphatic rings. The third kappa shape index (κ3) is 6.40. The minimum atomic E-state index is -0.816. The van der Waals surface area contributed by atoms with Gasteiger partial charge in [-0.25, -0.2) is 9.18 Å². The maximum Gasteiger partial charge on any atom is 0.353 e. The number of hydrogen-bond donors (Lipinski definition) is 3. The van der Waals surface area contributed by atoms with Crippen molar-refractivity contribution < 1.29 is 28.6 Å². The number of nitrogens with one attached hydrogen (secondary N) is 1. The maximum absolute atomic E-state index is 14.3. The van der Waals surface area contributed by atoms with E-state index in [9.17, 15) is 18.8 Å². The molecule has 3 rings (SSSR count). The van der Waals surface area contributed by atoms with Crippen LogP contribution in [-0.4, -0.2) is 47.6 Å². The molecule has 2 aromatic rings. The fourth-order valence-electron chi connectivity index (χ4n) is 3.96. The first kappa shape index (κ1) is 25.8. The lowest BCUT2D eigenvalue weighted by Gasteiger charge is -2.36. The highest BCUT2D eigenvalue weighted by Gasteiger charge is 2.36. The lowest BCUT2D eigenvalue weighted by molar-refractivity contribution is -0.148. The predicted octanol–water partition coefficient (Wildman–Crippen LogP) is 3.00. The van der Waals surface area contributed by atoms with Crippen LogP contribution in [0.5, 0.6) is 5.75 Å². The number of amides is 1. The largest absolute Gasteiger partial charge is 0.481 e. The molecule has 0 atom stereocenters. The standard InChI is InChI=1S/C24H30FN3O5S/c1-24(2,23(32)28-9-7-16(8-10-28)21(29)30)12-17-4-6-20(34-17)22(31)33-19-5-3-15(11-18(19)25)13-27-14-26/h3-6,11,16,27H,7-10,12-14,26H2,1-2H3,(H,29,30). The van der Waals surface area contributed by atoms with Crippen molar-refractivity contribution in [1.29, 1.82) is 0 Å². The topological polar surface area (TPSA) is 122 Å². The van der Waals surface area contributed by atoms with Crippen LogP contribution < -0.4 is 15.8 Å². The Bertz CT molecular complexity index is 1050. The molecule has 0 radical (unpaired) electrons. The zero-order valence-corrected chi connectivity index (χ0v) is 20.1. The van der Waals surface area contributed by atoms with E-state index in [1.165, 1.54) is 23.5 Å². The number of halogens is 1. The molecule has 4 N–H and O–H groups in total. The van der Waals surface area contributed by atoms with E-state index in [0.717, 1.165) is 4.88 Å². The molecule has 1 aromatic heterocycles. The average molecular weight is 492 g/mol. The zero-order valence-electron chi connectivity index (χ0n) is 19.3. The summed E-state index contributed by atoms with van der Waals surface area (Å²) in [7, 11) is 0. The Balaban J connectivity index is 1.59. The van der Waals surface area contributed by atoms with Crippen molar-refractivity contribution in [2.24, 2.45) is 17.1 Å². The summed E-state index contributed by atoms with van der Waals surface area (Å²) in [4.78, 5) is 39.6. The molecule has 34 heavy (non-hydrogen) atoms. The van der Waals surface area contributed by atoms with Gasteiger partial charge in [-0.15, -0.1) is 11.3 Å². The second-order valence-electron chi connectivity index (χ2n) is 9.02. The first-order chi connectivity index (χ1) is 16.1. The Labute approximate surface area is 201 Å². The highest BCUT2D eigenvalue weighted by Crippen LogP contribution is 2.31. The van der Waals surface area contributed by atoms with Crippen molar-refractivity contribution in [3.05, 3.63) is 51.5 Å². The van der Waals surface area contributed by atoms with E-state index in [-0.39, 0.29) is 18.3 Å². The fraction of sp³-hybridized carbons (Fsp3) is 0.458. The molecule has 0 aliphatic carbocycles. The monoisotopic (exact) mass is 491 g/mol.